The van der Waals surface area contributed by atoms with Gasteiger partial charge in [0.2, 0.25) is 5.91 Å². The third-order valence-electron chi connectivity index (χ3n) is 4.97. The largest absolute Gasteiger partial charge is 0.361 e. The summed E-state index contributed by atoms with van der Waals surface area (Å²) >= 11 is 0. The molecule has 1 aromatic heterocycles. The number of nitrogens with one attached hydrogen (secondary N) is 2. The molecule has 0 saturated heterocycles. The Morgan fingerprint density at radius 3 is 2.46 bits per heavy atom. The van der Waals surface area contributed by atoms with Crippen molar-refractivity contribution < 1.29 is 9.18 Å². The summed E-state index contributed by atoms with van der Waals surface area (Å²) in [5, 5.41) is 3.83. The molecule has 1 amide bonds. The number of aromatic nitrogens is 1. The van der Waals surface area contributed by atoms with E-state index in [4.69, 9.17) is 0 Å². The molecule has 28 heavy (non-hydrogen) atoms. The number of anilines is 1. The van der Waals surface area contributed by atoms with Crippen LogP contribution in [0.4, 0.5) is 10.1 Å². The first-order chi connectivity index (χ1) is 13.7. The second-order valence-corrected chi connectivity index (χ2v) is 6.91. The molecule has 4 rings (SSSR count). The van der Waals surface area contributed by atoms with Crippen LogP contribution in [0.2, 0.25) is 0 Å². The maximum Gasteiger partial charge on any atom is 0.225 e. The average molecular weight is 372 g/mol. The molecule has 1 unspecified atom stereocenters. The van der Waals surface area contributed by atoms with Crippen LogP contribution in [0.3, 0.4) is 0 Å². The number of carbonyl (C=O) groups is 1. The minimum Gasteiger partial charge on any atom is -0.361 e. The van der Waals surface area contributed by atoms with Crippen molar-refractivity contribution in [2.75, 3.05) is 5.32 Å². The lowest BCUT2D eigenvalue weighted by Gasteiger charge is -2.17. The Morgan fingerprint density at radius 2 is 1.64 bits per heavy atom. The van der Waals surface area contributed by atoms with Gasteiger partial charge in [0.15, 0.2) is 0 Å². The van der Waals surface area contributed by atoms with Gasteiger partial charge in [-0.1, -0.05) is 60.7 Å². The van der Waals surface area contributed by atoms with Gasteiger partial charge in [0.05, 0.1) is 5.69 Å². The number of fused-ring (bicyclic) bond motifs is 1. The summed E-state index contributed by atoms with van der Waals surface area (Å²) in [5.74, 6) is -0.649. The van der Waals surface area contributed by atoms with Gasteiger partial charge in [-0.15, -0.1) is 0 Å². The van der Waals surface area contributed by atoms with E-state index < -0.39 is 5.82 Å². The van der Waals surface area contributed by atoms with Crippen molar-refractivity contribution in [2.24, 2.45) is 0 Å². The van der Waals surface area contributed by atoms with Gasteiger partial charge in [-0.05, 0) is 41.7 Å². The Balaban J connectivity index is 1.61. The van der Waals surface area contributed by atoms with Crippen LogP contribution in [0.5, 0.6) is 0 Å². The summed E-state index contributed by atoms with van der Waals surface area (Å²) in [6.45, 7) is 0. The second-order valence-electron chi connectivity index (χ2n) is 6.91. The van der Waals surface area contributed by atoms with Crippen LogP contribution < -0.4 is 5.32 Å². The molecule has 2 N–H and O–H groups in total. The van der Waals surface area contributed by atoms with Gasteiger partial charge in [-0.25, -0.2) is 4.39 Å². The predicted octanol–water partition coefficient (Wildman–Crippen LogP) is 5.66. The fraction of sp³-hybridized carbons (Fsp3) is 0.125. The zero-order valence-corrected chi connectivity index (χ0v) is 15.4. The van der Waals surface area contributed by atoms with E-state index in [9.17, 15) is 9.18 Å². The highest BCUT2D eigenvalue weighted by Gasteiger charge is 2.20. The molecule has 0 spiro atoms. The number of rotatable bonds is 6. The third kappa shape index (κ3) is 3.96. The number of hydrogen-bond donors (Lipinski definition) is 2. The first-order valence-electron chi connectivity index (χ1n) is 9.35. The van der Waals surface area contributed by atoms with Gasteiger partial charge >= 0.3 is 0 Å². The van der Waals surface area contributed by atoms with E-state index in [1.54, 1.807) is 18.2 Å². The highest BCUT2D eigenvalue weighted by molar-refractivity contribution is 5.92. The number of aromatic amines is 1. The zero-order valence-electron chi connectivity index (χ0n) is 15.4. The van der Waals surface area contributed by atoms with E-state index in [-0.39, 0.29) is 23.9 Å². The Kier molecular flexibility index (Phi) is 5.20. The lowest BCUT2D eigenvalue weighted by Crippen LogP contribution is -2.17. The lowest BCUT2D eigenvalue weighted by atomic mass is 9.88. The Labute approximate surface area is 163 Å². The number of H-pyrrole nitrogens is 1. The molecule has 3 aromatic carbocycles. The van der Waals surface area contributed by atoms with Gasteiger partial charge in [-0.2, -0.15) is 0 Å². The number of para-hydroxylation sites is 2. The molecule has 4 aromatic rings. The van der Waals surface area contributed by atoms with Crippen LogP contribution in [0.15, 0.2) is 85.1 Å². The van der Waals surface area contributed by atoms with Crippen molar-refractivity contribution in [3.05, 3.63) is 102 Å². The van der Waals surface area contributed by atoms with E-state index in [1.807, 2.05) is 42.6 Å². The Bertz CT molecular complexity index is 1090. The smallest absolute Gasteiger partial charge is 0.225 e. The van der Waals surface area contributed by atoms with E-state index in [0.29, 0.717) is 0 Å². The van der Waals surface area contributed by atoms with Crippen LogP contribution in [0.1, 0.15) is 23.5 Å². The molecule has 0 saturated carbocycles. The van der Waals surface area contributed by atoms with E-state index in [0.717, 1.165) is 28.5 Å². The molecular weight excluding hydrogens is 351 g/mol. The standard InChI is InChI=1S/C24H21FN2O/c25-21-11-5-7-13-23(21)27-24(28)15-18(14-17-8-2-1-3-9-17)20-16-26-22-12-6-4-10-19(20)22/h1-13,16,18,26H,14-15H2,(H,27,28). The molecule has 0 bridgehead atoms. The third-order valence-corrected chi connectivity index (χ3v) is 4.97. The molecular formula is C24H21FN2O. The SMILES string of the molecule is O=C(CC(Cc1ccccc1)c1c[nH]c2ccccc12)Nc1ccccc1F. The number of hydrogen-bond acceptors (Lipinski definition) is 1. The molecule has 0 aliphatic rings. The average Bonchev–Trinajstić information content (AvgIpc) is 3.14. The molecule has 3 nitrogen and oxygen atoms in total. The Morgan fingerprint density at radius 1 is 0.929 bits per heavy atom. The highest BCUT2D eigenvalue weighted by Crippen LogP contribution is 2.31. The predicted molar refractivity (Wildman–Crippen MR) is 111 cm³/mol. The zero-order chi connectivity index (χ0) is 19.3. The fourth-order valence-corrected chi connectivity index (χ4v) is 3.61. The molecule has 0 radical (unpaired) electrons. The first-order valence-corrected chi connectivity index (χ1v) is 9.35. The highest BCUT2D eigenvalue weighted by atomic mass is 19.1. The monoisotopic (exact) mass is 372 g/mol. The van der Waals surface area contributed by atoms with Crippen LogP contribution >= 0.6 is 0 Å². The Hall–Kier alpha value is -3.40. The summed E-state index contributed by atoms with van der Waals surface area (Å²) in [5.41, 5.74) is 3.52. The topological polar surface area (TPSA) is 44.9 Å². The van der Waals surface area contributed by atoms with Gasteiger partial charge in [0.1, 0.15) is 5.82 Å². The quantitative estimate of drug-likeness (QED) is 0.450. The number of benzene rings is 3. The van der Waals surface area contributed by atoms with Gasteiger partial charge in [0.25, 0.3) is 0 Å². The fourth-order valence-electron chi connectivity index (χ4n) is 3.61. The maximum atomic E-state index is 13.9. The second kappa shape index (κ2) is 8.09. The van der Waals surface area contributed by atoms with Crippen LogP contribution in [-0.4, -0.2) is 10.9 Å². The van der Waals surface area contributed by atoms with E-state index in [1.165, 1.54) is 6.07 Å². The number of halogens is 1. The first kappa shape index (κ1) is 18.0. The number of amides is 1. The van der Waals surface area contributed by atoms with Crippen molar-refractivity contribution in [2.45, 2.75) is 18.8 Å². The summed E-state index contributed by atoms with van der Waals surface area (Å²) in [6.07, 6.45) is 2.98. The summed E-state index contributed by atoms with van der Waals surface area (Å²) < 4.78 is 13.9. The van der Waals surface area contributed by atoms with Gasteiger partial charge < -0.3 is 10.3 Å². The van der Waals surface area contributed by atoms with Crippen molar-refractivity contribution in [1.29, 1.82) is 0 Å². The molecule has 1 atom stereocenters. The number of carbonyl (C=O) groups excluding carboxylic acids is 1. The molecule has 0 fully saturated rings. The lowest BCUT2D eigenvalue weighted by molar-refractivity contribution is -0.116. The minimum absolute atomic E-state index is 0.0228. The minimum atomic E-state index is -0.428. The molecule has 0 aliphatic heterocycles. The summed E-state index contributed by atoms with van der Waals surface area (Å²) in [4.78, 5) is 16.0. The van der Waals surface area contributed by atoms with Crippen LogP contribution in [0.25, 0.3) is 10.9 Å². The van der Waals surface area contributed by atoms with Crippen molar-refractivity contribution in [3.63, 3.8) is 0 Å². The van der Waals surface area contributed by atoms with E-state index >= 15 is 0 Å². The van der Waals surface area contributed by atoms with Gasteiger partial charge in [0, 0.05) is 23.5 Å². The van der Waals surface area contributed by atoms with Crippen molar-refractivity contribution in [3.8, 4) is 0 Å². The van der Waals surface area contributed by atoms with E-state index in [2.05, 4.69) is 28.5 Å². The van der Waals surface area contributed by atoms with Crippen molar-refractivity contribution in [1.82, 2.24) is 4.98 Å². The molecule has 4 heteroatoms. The van der Waals surface area contributed by atoms with Crippen molar-refractivity contribution >= 4 is 22.5 Å². The summed E-state index contributed by atoms with van der Waals surface area (Å²) in [7, 11) is 0. The normalized spacial score (nSPS) is 12.0. The van der Waals surface area contributed by atoms with Gasteiger partial charge in [-0.3, -0.25) is 4.79 Å². The van der Waals surface area contributed by atoms with Crippen LogP contribution in [0, 0.1) is 5.82 Å². The molecule has 0 aliphatic carbocycles. The summed E-state index contributed by atoms with van der Waals surface area (Å²) in [6, 6.07) is 24.4. The van der Waals surface area contributed by atoms with Crippen LogP contribution in [-0.2, 0) is 11.2 Å². The molecule has 1 heterocycles. The maximum absolute atomic E-state index is 13.9. The molecule has 140 valence electrons.